The molecule has 5 heteroatoms. The van der Waals surface area contributed by atoms with E-state index in [0.717, 1.165) is 30.0 Å². The predicted octanol–water partition coefficient (Wildman–Crippen LogP) is 2.92. The highest BCUT2D eigenvalue weighted by Gasteiger charge is 2.17. The summed E-state index contributed by atoms with van der Waals surface area (Å²) in [6, 6.07) is 7.40. The molecule has 1 aromatic carbocycles. The van der Waals surface area contributed by atoms with Crippen molar-refractivity contribution in [2.75, 3.05) is 7.11 Å². The van der Waals surface area contributed by atoms with Gasteiger partial charge in [0, 0.05) is 0 Å². The van der Waals surface area contributed by atoms with Gasteiger partial charge in [0.15, 0.2) is 0 Å². The molecule has 1 aromatic heterocycles. The highest BCUT2D eigenvalue weighted by molar-refractivity contribution is 5.88. The number of hydrogen-bond acceptors (Lipinski definition) is 3. The number of aromatic carboxylic acids is 1. The lowest BCUT2D eigenvalue weighted by Gasteiger charge is -2.09. The summed E-state index contributed by atoms with van der Waals surface area (Å²) >= 11 is 0. The number of benzene rings is 1. The highest BCUT2D eigenvalue weighted by atomic mass is 16.5. The summed E-state index contributed by atoms with van der Waals surface area (Å²) in [4.78, 5) is 11.3. The van der Waals surface area contributed by atoms with Crippen LogP contribution in [0.25, 0.3) is 5.69 Å². The Morgan fingerprint density at radius 1 is 1.35 bits per heavy atom. The molecule has 0 saturated carbocycles. The fraction of sp³-hybridized carbons (Fsp3) is 0.333. The van der Waals surface area contributed by atoms with Crippen molar-refractivity contribution < 1.29 is 14.6 Å². The lowest BCUT2D eigenvalue weighted by molar-refractivity contribution is 0.0695. The van der Waals surface area contributed by atoms with Gasteiger partial charge in [0.2, 0.25) is 0 Å². The van der Waals surface area contributed by atoms with E-state index in [4.69, 9.17) is 4.74 Å². The standard InChI is InChI=1S/C15H18N2O3/c1-3-4-5-14-13(15(18)19)10-16-17(14)11-6-8-12(20-2)9-7-11/h6-10H,3-5H2,1-2H3,(H,18,19). The van der Waals surface area contributed by atoms with E-state index in [2.05, 4.69) is 12.0 Å². The number of carboxylic acids is 1. The van der Waals surface area contributed by atoms with E-state index in [1.165, 1.54) is 6.20 Å². The monoisotopic (exact) mass is 274 g/mol. The van der Waals surface area contributed by atoms with E-state index in [1.807, 2.05) is 24.3 Å². The first kappa shape index (κ1) is 14.1. The van der Waals surface area contributed by atoms with Crippen LogP contribution >= 0.6 is 0 Å². The van der Waals surface area contributed by atoms with Crippen molar-refractivity contribution in [1.82, 2.24) is 9.78 Å². The van der Waals surface area contributed by atoms with Gasteiger partial charge in [0.25, 0.3) is 0 Å². The first-order valence-corrected chi connectivity index (χ1v) is 6.62. The molecule has 5 nitrogen and oxygen atoms in total. The van der Waals surface area contributed by atoms with Gasteiger partial charge < -0.3 is 9.84 Å². The predicted molar refractivity (Wildman–Crippen MR) is 75.7 cm³/mol. The van der Waals surface area contributed by atoms with Gasteiger partial charge in [0.1, 0.15) is 11.3 Å². The third kappa shape index (κ3) is 2.82. The SMILES string of the molecule is CCCCc1c(C(=O)O)cnn1-c1ccc(OC)cc1. The van der Waals surface area contributed by atoms with Crippen LogP contribution in [-0.2, 0) is 6.42 Å². The van der Waals surface area contributed by atoms with Gasteiger partial charge in [-0.2, -0.15) is 5.10 Å². The molecule has 0 saturated heterocycles. The van der Waals surface area contributed by atoms with E-state index in [0.29, 0.717) is 6.42 Å². The van der Waals surface area contributed by atoms with E-state index < -0.39 is 5.97 Å². The molecule has 0 aliphatic rings. The van der Waals surface area contributed by atoms with Crippen LogP contribution in [0.4, 0.5) is 0 Å². The number of aromatic nitrogens is 2. The van der Waals surface area contributed by atoms with Crippen molar-refractivity contribution in [2.24, 2.45) is 0 Å². The molecule has 2 rings (SSSR count). The molecule has 0 atom stereocenters. The third-order valence-electron chi connectivity index (χ3n) is 3.18. The molecular weight excluding hydrogens is 256 g/mol. The molecule has 20 heavy (non-hydrogen) atoms. The van der Waals surface area contributed by atoms with Crippen LogP contribution in [0.1, 0.15) is 35.8 Å². The van der Waals surface area contributed by atoms with Crippen LogP contribution in [0.5, 0.6) is 5.75 Å². The summed E-state index contributed by atoms with van der Waals surface area (Å²) in [5, 5.41) is 13.4. The zero-order chi connectivity index (χ0) is 14.5. The van der Waals surface area contributed by atoms with Gasteiger partial charge in [0.05, 0.1) is 24.7 Å². The maximum atomic E-state index is 11.3. The van der Waals surface area contributed by atoms with Crippen molar-refractivity contribution >= 4 is 5.97 Å². The molecule has 1 N–H and O–H groups in total. The Morgan fingerprint density at radius 2 is 2.05 bits per heavy atom. The van der Waals surface area contributed by atoms with Crippen LogP contribution < -0.4 is 4.74 Å². The number of unbranched alkanes of at least 4 members (excludes halogenated alkanes) is 1. The van der Waals surface area contributed by atoms with E-state index in [1.54, 1.807) is 11.8 Å². The van der Waals surface area contributed by atoms with E-state index in [9.17, 15) is 9.90 Å². The highest BCUT2D eigenvalue weighted by Crippen LogP contribution is 2.20. The zero-order valence-corrected chi connectivity index (χ0v) is 11.7. The molecule has 0 aliphatic carbocycles. The lowest BCUT2D eigenvalue weighted by Crippen LogP contribution is -2.06. The molecule has 1 heterocycles. The van der Waals surface area contributed by atoms with Gasteiger partial charge in [-0.05, 0) is 37.1 Å². The average molecular weight is 274 g/mol. The maximum Gasteiger partial charge on any atom is 0.339 e. The zero-order valence-electron chi connectivity index (χ0n) is 11.7. The molecule has 0 radical (unpaired) electrons. The number of rotatable bonds is 6. The second-order valence-electron chi connectivity index (χ2n) is 4.52. The Kier molecular flexibility index (Phi) is 4.40. The fourth-order valence-corrected chi connectivity index (χ4v) is 2.08. The quantitative estimate of drug-likeness (QED) is 0.879. The maximum absolute atomic E-state index is 11.3. The molecule has 0 fully saturated rings. The van der Waals surface area contributed by atoms with Crippen molar-refractivity contribution in [1.29, 1.82) is 0 Å². The topological polar surface area (TPSA) is 64.3 Å². The Hall–Kier alpha value is -2.30. The molecule has 0 unspecified atom stereocenters. The van der Waals surface area contributed by atoms with Gasteiger partial charge in [-0.25, -0.2) is 9.48 Å². The van der Waals surface area contributed by atoms with Gasteiger partial charge >= 0.3 is 5.97 Å². The number of carboxylic acid groups (broad SMARTS) is 1. The molecular formula is C15H18N2O3. The minimum absolute atomic E-state index is 0.272. The average Bonchev–Trinajstić information content (AvgIpc) is 2.89. The molecule has 106 valence electrons. The molecule has 2 aromatic rings. The smallest absolute Gasteiger partial charge is 0.339 e. The van der Waals surface area contributed by atoms with Gasteiger partial charge in [-0.1, -0.05) is 13.3 Å². The molecule has 0 spiro atoms. The number of ether oxygens (including phenoxy) is 1. The Labute approximate surface area is 117 Å². The van der Waals surface area contributed by atoms with Crippen LogP contribution in [-0.4, -0.2) is 28.0 Å². The first-order chi connectivity index (χ1) is 9.67. The fourth-order valence-electron chi connectivity index (χ4n) is 2.08. The Morgan fingerprint density at radius 3 is 2.60 bits per heavy atom. The molecule has 0 amide bonds. The second kappa shape index (κ2) is 6.23. The summed E-state index contributed by atoms with van der Waals surface area (Å²) in [6.45, 7) is 2.08. The summed E-state index contributed by atoms with van der Waals surface area (Å²) in [5.41, 5.74) is 1.85. The molecule has 0 aliphatic heterocycles. The summed E-state index contributed by atoms with van der Waals surface area (Å²) in [5.74, 6) is -0.176. The number of nitrogens with zero attached hydrogens (tertiary/aromatic N) is 2. The van der Waals surface area contributed by atoms with Crippen molar-refractivity contribution in [3.05, 3.63) is 41.7 Å². The summed E-state index contributed by atoms with van der Waals surface area (Å²) in [6.07, 6.45) is 4.05. The van der Waals surface area contributed by atoms with E-state index >= 15 is 0 Å². The van der Waals surface area contributed by atoms with Crippen LogP contribution in [0.2, 0.25) is 0 Å². The van der Waals surface area contributed by atoms with Crippen LogP contribution in [0.3, 0.4) is 0 Å². The van der Waals surface area contributed by atoms with Crippen molar-refractivity contribution in [3.63, 3.8) is 0 Å². The van der Waals surface area contributed by atoms with Gasteiger partial charge in [-0.15, -0.1) is 0 Å². The summed E-state index contributed by atoms with van der Waals surface area (Å²) < 4.78 is 6.81. The van der Waals surface area contributed by atoms with Crippen LogP contribution in [0, 0.1) is 0 Å². The minimum atomic E-state index is -0.934. The van der Waals surface area contributed by atoms with Gasteiger partial charge in [-0.3, -0.25) is 0 Å². The third-order valence-corrected chi connectivity index (χ3v) is 3.18. The van der Waals surface area contributed by atoms with Crippen molar-refractivity contribution in [3.8, 4) is 11.4 Å². The largest absolute Gasteiger partial charge is 0.497 e. The minimum Gasteiger partial charge on any atom is -0.497 e. The number of hydrogen-bond donors (Lipinski definition) is 1. The Balaban J connectivity index is 2.41. The van der Waals surface area contributed by atoms with Crippen LogP contribution in [0.15, 0.2) is 30.5 Å². The Bertz CT molecular complexity index is 588. The second-order valence-corrected chi connectivity index (χ2v) is 4.52. The first-order valence-electron chi connectivity index (χ1n) is 6.62. The van der Waals surface area contributed by atoms with E-state index in [-0.39, 0.29) is 5.56 Å². The van der Waals surface area contributed by atoms with Crippen molar-refractivity contribution in [2.45, 2.75) is 26.2 Å². The summed E-state index contributed by atoms with van der Waals surface area (Å²) in [7, 11) is 1.61. The number of methoxy groups -OCH3 is 1. The lowest BCUT2D eigenvalue weighted by atomic mass is 10.1. The molecule has 0 bridgehead atoms. The number of carbonyl (C=O) groups is 1. The normalized spacial score (nSPS) is 10.5.